The summed E-state index contributed by atoms with van der Waals surface area (Å²) >= 11 is 3.43. The number of nitrogens with one attached hydrogen (secondary N) is 1. The lowest BCUT2D eigenvalue weighted by molar-refractivity contribution is 0.0517. The van der Waals surface area contributed by atoms with E-state index in [0.717, 1.165) is 15.4 Å². The second-order valence-electron chi connectivity index (χ2n) is 6.39. The quantitative estimate of drug-likeness (QED) is 0.801. The average molecular weight is 397 g/mol. The SMILES string of the molecule is COC(=O)c1c(CNC(=O)OC(C)(C)C)n(C)c2cc(Br)ccc12. The van der Waals surface area contributed by atoms with Crippen molar-refractivity contribution in [3.05, 3.63) is 33.9 Å². The number of methoxy groups -OCH3 is 1. The zero-order chi connectivity index (χ0) is 18.1. The number of carbonyl (C=O) groups excluding carboxylic acids is 2. The van der Waals surface area contributed by atoms with Crippen LogP contribution in [0.25, 0.3) is 10.9 Å². The first-order valence-corrected chi connectivity index (χ1v) is 8.25. The average Bonchev–Trinajstić information content (AvgIpc) is 2.75. The number of ether oxygens (including phenoxy) is 2. The van der Waals surface area contributed by atoms with Crippen LogP contribution < -0.4 is 5.32 Å². The van der Waals surface area contributed by atoms with E-state index in [-0.39, 0.29) is 6.54 Å². The fraction of sp³-hybridized carbons (Fsp3) is 0.412. The van der Waals surface area contributed by atoms with E-state index in [1.165, 1.54) is 7.11 Å². The van der Waals surface area contributed by atoms with Gasteiger partial charge in [-0.3, -0.25) is 0 Å². The van der Waals surface area contributed by atoms with Crippen LogP contribution in [-0.2, 0) is 23.1 Å². The number of benzene rings is 1. The van der Waals surface area contributed by atoms with Gasteiger partial charge in [0, 0.05) is 16.9 Å². The lowest BCUT2D eigenvalue weighted by Crippen LogP contribution is -2.32. The molecular formula is C17H21BrN2O4. The highest BCUT2D eigenvalue weighted by atomic mass is 79.9. The first-order chi connectivity index (χ1) is 11.1. The highest BCUT2D eigenvalue weighted by molar-refractivity contribution is 9.10. The molecule has 1 heterocycles. The van der Waals surface area contributed by atoms with Crippen LogP contribution in [0, 0.1) is 0 Å². The topological polar surface area (TPSA) is 69.6 Å². The summed E-state index contributed by atoms with van der Waals surface area (Å²) in [6, 6.07) is 5.63. The van der Waals surface area contributed by atoms with E-state index < -0.39 is 17.7 Å². The Hall–Kier alpha value is -2.02. The summed E-state index contributed by atoms with van der Waals surface area (Å²) in [5, 5.41) is 3.46. The maximum absolute atomic E-state index is 12.2. The molecule has 24 heavy (non-hydrogen) atoms. The number of amides is 1. The highest BCUT2D eigenvalue weighted by Gasteiger charge is 2.23. The normalized spacial score (nSPS) is 11.4. The summed E-state index contributed by atoms with van der Waals surface area (Å²) in [7, 11) is 3.18. The molecule has 1 aromatic heterocycles. The van der Waals surface area contributed by atoms with Crippen LogP contribution in [0.15, 0.2) is 22.7 Å². The molecule has 2 rings (SSSR count). The molecule has 0 spiro atoms. The predicted molar refractivity (Wildman–Crippen MR) is 95.0 cm³/mol. The standard InChI is InChI=1S/C17H21BrN2O4/c1-17(2,3)24-16(22)19-9-13-14(15(21)23-5)11-7-6-10(18)8-12(11)20(13)4/h6-8H,9H2,1-5H3,(H,19,22). The number of alkyl carbamates (subject to hydrolysis) is 1. The smallest absolute Gasteiger partial charge is 0.407 e. The number of halogens is 1. The van der Waals surface area contributed by atoms with Gasteiger partial charge in [0.05, 0.1) is 30.4 Å². The predicted octanol–water partition coefficient (Wildman–Crippen LogP) is 3.75. The summed E-state index contributed by atoms with van der Waals surface area (Å²) in [4.78, 5) is 24.1. The molecule has 0 bridgehead atoms. The number of nitrogens with zero attached hydrogens (tertiary/aromatic N) is 1. The summed E-state index contributed by atoms with van der Waals surface area (Å²) in [5.41, 5.74) is 1.38. The van der Waals surface area contributed by atoms with Gasteiger partial charge in [-0.1, -0.05) is 22.0 Å². The molecule has 6 nitrogen and oxygen atoms in total. The monoisotopic (exact) mass is 396 g/mol. The van der Waals surface area contributed by atoms with Gasteiger partial charge in [0.2, 0.25) is 0 Å². The molecule has 2 aromatic rings. The second-order valence-corrected chi connectivity index (χ2v) is 7.30. The van der Waals surface area contributed by atoms with Crippen LogP contribution in [0.4, 0.5) is 4.79 Å². The Labute approximate surface area is 149 Å². The van der Waals surface area contributed by atoms with E-state index in [9.17, 15) is 9.59 Å². The van der Waals surface area contributed by atoms with Crippen molar-refractivity contribution in [1.82, 2.24) is 9.88 Å². The first kappa shape index (κ1) is 18.3. The van der Waals surface area contributed by atoms with Gasteiger partial charge in [0.15, 0.2) is 0 Å². The van der Waals surface area contributed by atoms with Crippen molar-refractivity contribution in [3.63, 3.8) is 0 Å². The summed E-state index contributed by atoms with van der Waals surface area (Å²) in [5.74, 6) is -0.441. The Balaban J connectivity index is 2.40. The van der Waals surface area contributed by atoms with Gasteiger partial charge in [0.25, 0.3) is 0 Å². The van der Waals surface area contributed by atoms with E-state index in [1.807, 2.05) is 29.8 Å². The van der Waals surface area contributed by atoms with Crippen LogP contribution in [-0.4, -0.2) is 29.3 Å². The molecule has 1 N–H and O–H groups in total. The molecule has 1 aromatic carbocycles. The molecular weight excluding hydrogens is 376 g/mol. The van der Waals surface area contributed by atoms with Crippen molar-refractivity contribution >= 4 is 38.9 Å². The van der Waals surface area contributed by atoms with Gasteiger partial charge in [0.1, 0.15) is 5.60 Å². The highest BCUT2D eigenvalue weighted by Crippen LogP contribution is 2.28. The molecule has 0 unspecified atom stereocenters. The minimum absolute atomic E-state index is 0.155. The van der Waals surface area contributed by atoms with Crippen molar-refractivity contribution in [1.29, 1.82) is 0 Å². The number of carbonyl (C=O) groups is 2. The van der Waals surface area contributed by atoms with Gasteiger partial charge in [-0.25, -0.2) is 9.59 Å². The van der Waals surface area contributed by atoms with Crippen LogP contribution in [0.5, 0.6) is 0 Å². The molecule has 7 heteroatoms. The lowest BCUT2D eigenvalue weighted by atomic mass is 10.1. The molecule has 0 fully saturated rings. The molecule has 1 amide bonds. The zero-order valence-corrected chi connectivity index (χ0v) is 16.0. The van der Waals surface area contributed by atoms with Crippen LogP contribution in [0.3, 0.4) is 0 Å². The number of esters is 1. The minimum Gasteiger partial charge on any atom is -0.465 e. The number of aromatic nitrogens is 1. The van der Waals surface area contributed by atoms with Gasteiger partial charge < -0.3 is 19.4 Å². The lowest BCUT2D eigenvalue weighted by Gasteiger charge is -2.20. The maximum Gasteiger partial charge on any atom is 0.407 e. The third-order valence-corrected chi connectivity index (χ3v) is 3.97. The van der Waals surface area contributed by atoms with Crippen LogP contribution >= 0.6 is 15.9 Å². The Morgan fingerprint density at radius 1 is 1.29 bits per heavy atom. The number of fused-ring (bicyclic) bond motifs is 1. The second kappa shape index (κ2) is 6.84. The van der Waals surface area contributed by atoms with E-state index in [0.29, 0.717) is 11.3 Å². The van der Waals surface area contributed by atoms with E-state index in [1.54, 1.807) is 20.8 Å². The number of rotatable bonds is 3. The van der Waals surface area contributed by atoms with Crippen LogP contribution in [0.1, 0.15) is 36.8 Å². The Morgan fingerprint density at radius 2 is 1.96 bits per heavy atom. The summed E-state index contributed by atoms with van der Waals surface area (Å²) in [6.07, 6.45) is -0.537. The molecule has 130 valence electrons. The first-order valence-electron chi connectivity index (χ1n) is 7.46. The molecule has 0 atom stereocenters. The molecule has 0 aliphatic heterocycles. The van der Waals surface area contributed by atoms with Crippen molar-refractivity contribution in [3.8, 4) is 0 Å². The zero-order valence-electron chi connectivity index (χ0n) is 14.4. The van der Waals surface area contributed by atoms with E-state index in [2.05, 4.69) is 21.2 Å². The van der Waals surface area contributed by atoms with Gasteiger partial charge >= 0.3 is 12.1 Å². The summed E-state index contributed by atoms with van der Waals surface area (Å²) in [6.45, 7) is 5.53. The van der Waals surface area contributed by atoms with Gasteiger partial charge in [-0.05, 0) is 32.9 Å². The molecule has 0 saturated heterocycles. The van der Waals surface area contributed by atoms with Crippen molar-refractivity contribution in [2.75, 3.05) is 7.11 Å². The van der Waals surface area contributed by atoms with E-state index in [4.69, 9.17) is 9.47 Å². The fourth-order valence-electron chi connectivity index (χ4n) is 2.47. The molecule has 0 aliphatic rings. The van der Waals surface area contributed by atoms with Crippen molar-refractivity contribution in [2.24, 2.45) is 7.05 Å². The van der Waals surface area contributed by atoms with E-state index >= 15 is 0 Å². The Bertz CT molecular complexity index is 790. The third kappa shape index (κ3) is 3.90. The minimum atomic E-state index is -0.584. The molecule has 0 aliphatic carbocycles. The van der Waals surface area contributed by atoms with Gasteiger partial charge in [-0.2, -0.15) is 0 Å². The molecule has 0 saturated carbocycles. The summed E-state index contributed by atoms with van der Waals surface area (Å²) < 4.78 is 12.9. The number of hydrogen-bond acceptors (Lipinski definition) is 4. The Morgan fingerprint density at radius 3 is 2.54 bits per heavy atom. The third-order valence-electron chi connectivity index (χ3n) is 3.47. The van der Waals surface area contributed by atoms with Crippen molar-refractivity contribution in [2.45, 2.75) is 32.9 Å². The van der Waals surface area contributed by atoms with Gasteiger partial charge in [-0.15, -0.1) is 0 Å². The Kier molecular flexibility index (Phi) is 5.22. The van der Waals surface area contributed by atoms with Crippen LogP contribution in [0.2, 0.25) is 0 Å². The number of aryl methyl sites for hydroxylation is 1. The van der Waals surface area contributed by atoms with Crippen molar-refractivity contribution < 1.29 is 19.1 Å². The fourth-order valence-corrected chi connectivity index (χ4v) is 2.82. The number of hydrogen-bond donors (Lipinski definition) is 1. The molecule has 0 radical (unpaired) electrons. The largest absolute Gasteiger partial charge is 0.465 e. The maximum atomic E-state index is 12.2.